The summed E-state index contributed by atoms with van der Waals surface area (Å²) in [6.07, 6.45) is 4.74. The number of ether oxygens (including phenoxy) is 2. The maximum atomic E-state index is 17.2. The number of benzene rings is 2. The van der Waals surface area contributed by atoms with E-state index in [2.05, 4.69) is 33.1 Å². The summed E-state index contributed by atoms with van der Waals surface area (Å²) in [5.74, 6) is 0.367. The van der Waals surface area contributed by atoms with Crippen molar-refractivity contribution in [3.8, 4) is 34.9 Å². The Morgan fingerprint density at radius 1 is 1.15 bits per heavy atom. The van der Waals surface area contributed by atoms with Crippen molar-refractivity contribution in [3.63, 3.8) is 0 Å². The molecule has 0 radical (unpaired) electrons. The molecule has 1 N–H and O–H groups in total. The van der Waals surface area contributed by atoms with E-state index in [1.165, 1.54) is 13.3 Å². The van der Waals surface area contributed by atoms with Crippen LogP contribution >= 0.6 is 23.2 Å². The first-order valence-corrected chi connectivity index (χ1v) is 19.1. The summed E-state index contributed by atoms with van der Waals surface area (Å²) in [5, 5.41) is 25.3. The molecule has 5 atom stereocenters. The van der Waals surface area contributed by atoms with Crippen molar-refractivity contribution in [1.82, 2.24) is 24.8 Å². The van der Waals surface area contributed by atoms with Gasteiger partial charge in [-0.25, -0.2) is 14.4 Å². The number of hydrogen-bond donors (Lipinski definition) is 1. The predicted molar refractivity (Wildman–Crippen MR) is 202 cm³/mol. The molecule has 3 aliphatic heterocycles. The third-order valence-corrected chi connectivity index (χ3v) is 12.5. The Morgan fingerprint density at radius 2 is 1.98 bits per heavy atom. The van der Waals surface area contributed by atoms with Crippen LogP contribution in [0.15, 0.2) is 42.6 Å². The molecular formula is C41H36Cl2FN7O3. The Labute approximate surface area is 321 Å². The maximum Gasteiger partial charge on any atom is 0.258 e. The van der Waals surface area contributed by atoms with E-state index in [4.69, 9.17) is 37.7 Å². The van der Waals surface area contributed by atoms with E-state index in [1.54, 1.807) is 24.3 Å². The van der Waals surface area contributed by atoms with Crippen LogP contribution in [-0.2, 0) is 11.2 Å². The number of nitrogens with zero attached hydrogens (tertiary/aromatic N) is 6. The minimum Gasteiger partial charge on any atom is -0.482 e. The zero-order valence-corrected chi connectivity index (χ0v) is 31.2. The number of likely N-dealkylation sites (tertiary alicyclic amines) is 1. The number of aryl methyl sites for hydroxylation is 2. The number of carbonyl (C=O) groups excluding carboxylic acids is 1. The maximum absolute atomic E-state index is 17.2. The van der Waals surface area contributed by atoms with Gasteiger partial charge in [-0.1, -0.05) is 35.3 Å². The average molecular weight is 765 g/mol. The van der Waals surface area contributed by atoms with Crippen molar-refractivity contribution in [2.24, 2.45) is 11.8 Å². The number of rotatable bonds is 9. The van der Waals surface area contributed by atoms with E-state index in [-0.39, 0.29) is 58.5 Å². The van der Waals surface area contributed by atoms with Gasteiger partial charge in [-0.05, 0) is 68.4 Å². The monoisotopic (exact) mass is 763 g/mol. The van der Waals surface area contributed by atoms with Gasteiger partial charge in [-0.15, -0.1) is 0 Å². The van der Waals surface area contributed by atoms with E-state index < -0.39 is 11.9 Å². The van der Waals surface area contributed by atoms with Gasteiger partial charge in [-0.2, -0.15) is 10.5 Å². The van der Waals surface area contributed by atoms with Gasteiger partial charge in [0.05, 0.1) is 47.4 Å². The lowest BCUT2D eigenvalue weighted by molar-refractivity contribution is -0.133. The quantitative estimate of drug-likeness (QED) is 0.160. The SMILES string of the molecule is COc1nccc(C#N)c1OC1CC(c2cc3c(C)nc4c(F)c(-c5cccc(Cl)c5Cl)c(CCC#N)cc4c3n2C2C3CNC2C3)N(C(=O)C2CC2)C1. The fourth-order valence-electron chi connectivity index (χ4n) is 9.01. The number of carbonyl (C=O) groups is 1. The molecule has 2 saturated carbocycles. The number of methoxy groups -OCH3 is 1. The highest BCUT2D eigenvalue weighted by Gasteiger charge is 2.51. The van der Waals surface area contributed by atoms with Gasteiger partial charge in [0.25, 0.3) is 5.88 Å². The summed E-state index contributed by atoms with van der Waals surface area (Å²) in [7, 11) is 1.48. The van der Waals surface area contributed by atoms with Gasteiger partial charge >= 0.3 is 0 Å². The second-order valence-corrected chi connectivity index (χ2v) is 15.6. The van der Waals surface area contributed by atoms with Crippen LogP contribution in [0.2, 0.25) is 10.0 Å². The van der Waals surface area contributed by atoms with Gasteiger partial charge in [0.15, 0.2) is 11.6 Å². The third-order valence-electron chi connectivity index (χ3n) is 11.7. The number of nitrogens with one attached hydrogen (secondary N) is 1. The summed E-state index contributed by atoms with van der Waals surface area (Å²) in [4.78, 5) is 25.2. The van der Waals surface area contributed by atoms with Gasteiger partial charge in [0.1, 0.15) is 23.3 Å². The number of halogens is 3. The summed E-state index contributed by atoms with van der Waals surface area (Å²) in [6.45, 7) is 3.09. The van der Waals surface area contributed by atoms with Crippen LogP contribution in [0.5, 0.6) is 11.6 Å². The van der Waals surface area contributed by atoms with E-state index in [9.17, 15) is 15.3 Å². The Kier molecular flexibility index (Phi) is 8.65. The number of nitriles is 2. The van der Waals surface area contributed by atoms with Crippen molar-refractivity contribution in [1.29, 1.82) is 10.5 Å². The first-order chi connectivity index (χ1) is 26.2. The van der Waals surface area contributed by atoms with E-state index in [0.29, 0.717) is 63.7 Å². The molecule has 274 valence electrons. The lowest BCUT2D eigenvalue weighted by Crippen LogP contribution is -2.41. The van der Waals surface area contributed by atoms with Gasteiger partial charge < -0.3 is 24.3 Å². The number of pyridine rings is 2. The number of aromatic nitrogens is 3. The summed E-state index contributed by atoms with van der Waals surface area (Å²) in [5.41, 5.74) is 4.37. The normalized spacial score (nSPS) is 23.0. The number of amides is 1. The Balaban J connectivity index is 1.25. The van der Waals surface area contributed by atoms with Crippen LogP contribution in [0.1, 0.15) is 66.7 Å². The molecule has 2 bridgehead atoms. The molecule has 5 unspecified atom stereocenters. The van der Waals surface area contributed by atoms with Gasteiger partial charge in [0.2, 0.25) is 5.91 Å². The number of hydrogen-bond acceptors (Lipinski definition) is 8. The molecule has 5 fully saturated rings. The fourth-order valence-corrected chi connectivity index (χ4v) is 9.41. The van der Waals surface area contributed by atoms with Crippen LogP contribution in [0.4, 0.5) is 4.39 Å². The molecule has 5 aliphatic rings. The minimum atomic E-state index is -0.516. The molecule has 0 spiro atoms. The molecule has 10 nitrogen and oxygen atoms in total. The molecule has 6 heterocycles. The molecule has 54 heavy (non-hydrogen) atoms. The first-order valence-electron chi connectivity index (χ1n) is 18.3. The molecule has 5 aromatic rings. The van der Waals surface area contributed by atoms with Crippen LogP contribution in [0, 0.1) is 47.2 Å². The highest BCUT2D eigenvalue weighted by atomic mass is 35.5. The summed E-state index contributed by atoms with van der Waals surface area (Å²) >= 11 is 13.1. The largest absolute Gasteiger partial charge is 0.482 e. The van der Waals surface area contributed by atoms with Crippen molar-refractivity contribution in [3.05, 3.63) is 81.0 Å². The van der Waals surface area contributed by atoms with Crippen LogP contribution in [0.25, 0.3) is 32.9 Å². The highest BCUT2D eigenvalue weighted by Crippen LogP contribution is 2.51. The fraction of sp³-hybridized carbons (Fsp3) is 0.390. The predicted octanol–water partition coefficient (Wildman–Crippen LogP) is 8.01. The Hall–Kier alpha value is -4.94. The van der Waals surface area contributed by atoms with Crippen molar-refractivity contribution < 1.29 is 18.7 Å². The van der Waals surface area contributed by atoms with E-state index in [1.807, 2.05) is 17.9 Å². The zero-order valence-electron chi connectivity index (χ0n) is 29.7. The van der Waals surface area contributed by atoms with Crippen LogP contribution < -0.4 is 14.8 Å². The highest BCUT2D eigenvalue weighted by molar-refractivity contribution is 6.43. The summed E-state index contributed by atoms with van der Waals surface area (Å²) < 4.78 is 31.6. The molecular weight excluding hydrogens is 728 g/mol. The van der Waals surface area contributed by atoms with Crippen LogP contribution in [-0.4, -0.2) is 57.7 Å². The molecule has 10 rings (SSSR count). The lowest BCUT2D eigenvalue weighted by atomic mass is 9.79. The molecule has 2 aromatic carbocycles. The Morgan fingerprint density at radius 3 is 2.69 bits per heavy atom. The van der Waals surface area contributed by atoms with E-state index >= 15 is 4.39 Å². The standard InChI is InChI=1S/C41H36Cl2FN7O3/c1-20-27-16-32(31-15-25(19-50(31)41(52)21-8-9-21)54-39-23(17-46)10-12-47-40(39)53-2)51(37-24-14-30(37)48-18-24)38(27)28-13-22(5-4-11-45)33(35(44)36(28)49-20)26-6-3-7-29(42)34(26)43/h3,6-7,10,12-13,16,21,24-25,30-31,37,48H,4-5,8-9,14-15,18-19H2,1-2H3. The molecule has 2 aliphatic carbocycles. The Bertz CT molecular complexity index is 2460. The van der Waals surface area contributed by atoms with Crippen molar-refractivity contribution in [2.75, 3.05) is 20.2 Å². The second kappa shape index (κ2) is 13.4. The third kappa shape index (κ3) is 5.47. The van der Waals surface area contributed by atoms with Gasteiger partial charge in [-0.3, -0.25) is 4.79 Å². The topological polar surface area (TPSA) is 129 Å². The zero-order chi connectivity index (χ0) is 37.4. The van der Waals surface area contributed by atoms with Crippen LogP contribution in [0.3, 0.4) is 0 Å². The molecule has 3 aromatic heterocycles. The average Bonchev–Trinajstić information content (AvgIpc) is 3.45. The van der Waals surface area contributed by atoms with Crippen molar-refractivity contribution >= 4 is 50.9 Å². The van der Waals surface area contributed by atoms with E-state index in [0.717, 1.165) is 42.4 Å². The first kappa shape index (κ1) is 34.8. The lowest BCUT2D eigenvalue weighted by Gasteiger charge is -2.39. The van der Waals surface area contributed by atoms with Gasteiger partial charge in [0, 0.05) is 70.8 Å². The molecule has 1 amide bonds. The number of fused-ring (bicyclic) bond motifs is 4. The molecule has 13 heteroatoms. The summed E-state index contributed by atoms with van der Waals surface area (Å²) in [6, 6.07) is 15.2. The smallest absolute Gasteiger partial charge is 0.258 e. The second-order valence-electron chi connectivity index (χ2n) is 14.8. The minimum absolute atomic E-state index is 0.0361. The molecule has 3 saturated heterocycles. The van der Waals surface area contributed by atoms with Crippen molar-refractivity contribution in [2.45, 2.75) is 69.7 Å².